The van der Waals surface area contributed by atoms with Crippen molar-refractivity contribution in [3.05, 3.63) is 89.2 Å². The van der Waals surface area contributed by atoms with Crippen LogP contribution in [-0.4, -0.2) is 10.8 Å². The van der Waals surface area contributed by atoms with Gasteiger partial charge in [0.05, 0.1) is 16.9 Å². The average molecular weight is 357 g/mol. The highest BCUT2D eigenvalue weighted by Crippen LogP contribution is 2.20. The predicted octanol–water partition coefficient (Wildman–Crippen LogP) is 4.35. The van der Waals surface area contributed by atoms with Gasteiger partial charge in [0, 0.05) is 18.3 Å². The Balaban J connectivity index is 1.61. The van der Waals surface area contributed by atoms with Crippen LogP contribution in [0.2, 0.25) is 0 Å². The van der Waals surface area contributed by atoms with E-state index in [0.717, 1.165) is 17.0 Å². The lowest BCUT2D eigenvalue weighted by molar-refractivity contribution is 0.101. The normalized spacial score (nSPS) is 10.1. The van der Waals surface area contributed by atoms with Crippen LogP contribution in [0.5, 0.6) is 5.75 Å². The van der Waals surface area contributed by atoms with Crippen molar-refractivity contribution in [2.45, 2.75) is 20.1 Å². The lowest BCUT2D eigenvalue weighted by Gasteiger charge is -2.11. The Morgan fingerprint density at radius 1 is 1.15 bits per heavy atom. The number of ether oxygens (including phenoxy) is 1. The number of nitrogens with one attached hydrogen (secondary N) is 1. The molecule has 0 radical (unpaired) electrons. The summed E-state index contributed by atoms with van der Waals surface area (Å²) in [4.78, 5) is 15.8. The fraction of sp³-hybridized carbons (Fsp3) is 0.136. The van der Waals surface area contributed by atoms with E-state index in [9.17, 15) is 10.1 Å². The second-order valence-electron chi connectivity index (χ2n) is 6.04. The Bertz CT molecular complexity index is 961. The van der Waals surface area contributed by atoms with Gasteiger partial charge in [0.1, 0.15) is 18.4 Å². The van der Waals surface area contributed by atoms with Gasteiger partial charge in [-0.2, -0.15) is 5.26 Å². The van der Waals surface area contributed by atoms with E-state index in [1.807, 2.05) is 42.5 Å². The van der Waals surface area contributed by atoms with Gasteiger partial charge in [0.25, 0.3) is 0 Å². The number of anilines is 1. The van der Waals surface area contributed by atoms with Crippen molar-refractivity contribution in [2.24, 2.45) is 0 Å². The highest BCUT2D eigenvalue weighted by molar-refractivity contribution is 5.95. The van der Waals surface area contributed by atoms with Crippen molar-refractivity contribution in [2.75, 3.05) is 5.32 Å². The molecule has 2 aromatic carbocycles. The number of aromatic nitrogens is 1. The molecule has 3 rings (SSSR count). The van der Waals surface area contributed by atoms with E-state index in [2.05, 4.69) is 16.4 Å². The summed E-state index contributed by atoms with van der Waals surface area (Å²) in [5, 5.41) is 12.5. The summed E-state index contributed by atoms with van der Waals surface area (Å²) in [7, 11) is 0. The van der Waals surface area contributed by atoms with Crippen molar-refractivity contribution >= 4 is 11.5 Å². The van der Waals surface area contributed by atoms with E-state index in [4.69, 9.17) is 4.74 Å². The third-order valence-corrected chi connectivity index (χ3v) is 4.07. The molecule has 0 amide bonds. The van der Waals surface area contributed by atoms with Crippen LogP contribution in [0.15, 0.2) is 66.9 Å². The Kier molecular flexibility index (Phi) is 5.80. The van der Waals surface area contributed by atoms with Crippen LogP contribution < -0.4 is 10.1 Å². The van der Waals surface area contributed by atoms with Crippen LogP contribution in [0, 0.1) is 11.3 Å². The molecule has 0 unspecified atom stereocenters. The Morgan fingerprint density at radius 2 is 1.96 bits per heavy atom. The summed E-state index contributed by atoms with van der Waals surface area (Å²) < 4.78 is 5.72. The molecule has 27 heavy (non-hydrogen) atoms. The van der Waals surface area contributed by atoms with E-state index in [-0.39, 0.29) is 5.78 Å². The third-order valence-electron chi connectivity index (χ3n) is 4.07. The smallest absolute Gasteiger partial charge is 0.159 e. The Labute approximate surface area is 158 Å². The van der Waals surface area contributed by atoms with E-state index in [1.165, 1.54) is 6.92 Å². The van der Waals surface area contributed by atoms with Crippen LogP contribution in [0.4, 0.5) is 5.69 Å². The SMILES string of the molecule is CC(=O)c1ccc(C#N)c(NCc2ccc(OCc3ccccn3)cc2)c1. The van der Waals surface area contributed by atoms with Crippen LogP contribution in [0.3, 0.4) is 0 Å². The average Bonchev–Trinajstić information content (AvgIpc) is 2.72. The number of benzene rings is 2. The molecular weight excluding hydrogens is 338 g/mol. The molecule has 0 aliphatic heterocycles. The van der Waals surface area contributed by atoms with E-state index in [1.54, 1.807) is 24.4 Å². The first-order valence-electron chi connectivity index (χ1n) is 8.56. The van der Waals surface area contributed by atoms with Gasteiger partial charge in [0.2, 0.25) is 0 Å². The summed E-state index contributed by atoms with van der Waals surface area (Å²) >= 11 is 0. The molecule has 0 bridgehead atoms. The van der Waals surface area contributed by atoms with Crippen LogP contribution in [0.1, 0.15) is 34.1 Å². The molecule has 0 aliphatic carbocycles. The molecule has 0 saturated heterocycles. The number of hydrogen-bond donors (Lipinski definition) is 1. The molecule has 0 spiro atoms. The molecular formula is C22H19N3O2. The number of nitrogens with zero attached hydrogens (tertiary/aromatic N) is 2. The molecule has 1 aromatic heterocycles. The van der Waals surface area contributed by atoms with Gasteiger partial charge in [-0.05, 0) is 55.0 Å². The van der Waals surface area contributed by atoms with Crippen molar-refractivity contribution < 1.29 is 9.53 Å². The fourth-order valence-corrected chi connectivity index (χ4v) is 2.55. The van der Waals surface area contributed by atoms with Gasteiger partial charge in [-0.15, -0.1) is 0 Å². The lowest BCUT2D eigenvalue weighted by Crippen LogP contribution is -2.03. The van der Waals surface area contributed by atoms with Crippen LogP contribution in [0.25, 0.3) is 0 Å². The third kappa shape index (κ3) is 4.93. The monoisotopic (exact) mass is 357 g/mol. The summed E-state index contributed by atoms with van der Waals surface area (Å²) in [5.41, 5.74) is 3.65. The standard InChI is InChI=1S/C22H19N3O2/c1-16(26)18-7-8-19(13-23)22(12-18)25-14-17-5-9-21(10-6-17)27-15-20-4-2-3-11-24-20/h2-12,25H,14-15H2,1H3. The first kappa shape index (κ1) is 18.2. The predicted molar refractivity (Wildman–Crippen MR) is 103 cm³/mol. The second-order valence-corrected chi connectivity index (χ2v) is 6.04. The molecule has 3 aromatic rings. The van der Waals surface area contributed by atoms with Crippen molar-refractivity contribution in [3.8, 4) is 11.8 Å². The summed E-state index contributed by atoms with van der Waals surface area (Å²) in [6.45, 7) is 2.47. The zero-order valence-corrected chi connectivity index (χ0v) is 15.0. The quantitative estimate of drug-likeness (QED) is 0.636. The molecule has 1 heterocycles. The van der Waals surface area contributed by atoms with Crippen LogP contribution in [-0.2, 0) is 13.2 Å². The minimum absolute atomic E-state index is 0.0306. The van der Waals surface area contributed by atoms with Crippen molar-refractivity contribution in [1.29, 1.82) is 5.26 Å². The summed E-state index contributed by atoms with van der Waals surface area (Å²) in [5.74, 6) is 0.734. The minimum Gasteiger partial charge on any atom is -0.487 e. The zero-order valence-electron chi connectivity index (χ0n) is 15.0. The van der Waals surface area contributed by atoms with Crippen molar-refractivity contribution in [3.63, 3.8) is 0 Å². The van der Waals surface area contributed by atoms with E-state index < -0.39 is 0 Å². The molecule has 0 atom stereocenters. The fourth-order valence-electron chi connectivity index (χ4n) is 2.55. The molecule has 5 heteroatoms. The summed E-state index contributed by atoms with van der Waals surface area (Å²) in [6.07, 6.45) is 1.74. The maximum atomic E-state index is 11.5. The van der Waals surface area contributed by atoms with Gasteiger partial charge >= 0.3 is 0 Å². The minimum atomic E-state index is -0.0306. The lowest BCUT2D eigenvalue weighted by atomic mass is 10.1. The Hall–Kier alpha value is -3.65. The molecule has 134 valence electrons. The van der Waals surface area contributed by atoms with E-state index >= 15 is 0 Å². The number of rotatable bonds is 7. The number of carbonyl (C=O) groups is 1. The van der Waals surface area contributed by atoms with Gasteiger partial charge in [0.15, 0.2) is 5.78 Å². The number of carbonyl (C=O) groups excluding carboxylic acids is 1. The summed E-state index contributed by atoms with van der Waals surface area (Å²) in [6, 6.07) is 20.6. The molecule has 0 aliphatic rings. The topological polar surface area (TPSA) is 75.0 Å². The highest BCUT2D eigenvalue weighted by atomic mass is 16.5. The molecule has 0 saturated carbocycles. The largest absolute Gasteiger partial charge is 0.487 e. The zero-order chi connectivity index (χ0) is 19.1. The van der Waals surface area contributed by atoms with E-state index in [0.29, 0.717) is 30.0 Å². The number of ketones is 1. The molecule has 1 N–H and O–H groups in total. The van der Waals surface area contributed by atoms with Crippen molar-refractivity contribution in [1.82, 2.24) is 4.98 Å². The van der Waals surface area contributed by atoms with Gasteiger partial charge in [-0.1, -0.05) is 18.2 Å². The number of pyridine rings is 1. The van der Waals surface area contributed by atoms with Gasteiger partial charge in [-0.25, -0.2) is 0 Å². The molecule has 0 fully saturated rings. The Morgan fingerprint density at radius 3 is 2.63 bits per heavy atom. The number of Topliss-reactive ketones (excluding diaryl/α,β-unsaturated/α-hetero) is 1. The number of nitriles is 1. The maximum Gasteiger partial charge on any atom is 0.159 e. The first-order valence-corrected chi connectivity index (χ1v) is 8.56. The van der Waals surface area contributed by atoms with Gasteiger partial charge in [-0.3, -0.25) is 9.78 Å². The first-order chi connectivity index (χ1) is 13.2. The maximum absolute atomic E-state index is 11.5. The van der Waals surface area contributed by atoms with Gasteiger partial charge < -0.3 is 10.1 Å². The highest BCUT2D eigenvalue weighted by Gasteiger charge is 2.06. The second kappa shape index (κ2) is 8.63. The molecule has 5 nitrogen and oxygen atoms in total. The number of hydrogen-bond acceptors (Lipinski definition) is 5. The van der Waals surface area contributed by atoms with Crippen LogP contribution >= 0.6 is 0 Å².